The highest BCUT2D eigenvalue weighted by molar-refractivity contribution is 5.45. The second-order valence-corrected chi connectivity index (χ2v) is 1.95. The van der Waals surface area contributed by atoms with Crippen molar-refractivity contribution in [3.05, 3.63) is 42.5 Å². The number of carbonyl (C=O) groups is 1. The Morgan fingerprint density at radius 3 is 2.08 bits per heavy atom. The van der Waals surface area contributed by atoms with Gasteiger partial charge in [0, 0.05) is 0 Å². The molecule has 0 atom stereocenters. The third kappa shape index (κ3) is 5.23. The van der Waals surface area contributed by atoms with Gasteiger partial charge in [-0.05, 0) is 5.56 Å². The van der Waals surface area contributed by atoms with Crippen LogP contribution in [0.5, 0.6) is 0 Å². The Labute approximate surface area is 72.5 Å². The van der Waals surface area contributed by atoms with E-state index in [2.05, 4.69) is 11.3 Å². The van der Waals surface area contributed by atoms with Gasteiger partial charge >= 0.3 is 0 Å². The van der Waals surface area contributed by atoms with E-state index in [4.69, 9.17) is 4.79 Å². The van der Waals surface area contributed by atoms with Crippen LogP contribution in [0.15, 0.2) is 36.9 Å². The van der Waals surface area contributed by atoms with Crippen LogP contribution in [0.1, 0.15) is 5.56 Å². The first-order valence-corrected chi connectivity index (χ1v) is 3.49. The van der Waals surface area contributed by atoms with E-state index < -0.39 is 0 Å². The molecule has 2 heteroatoms. The van der Waals surface area contributed by atoms with E-state index in [9.17, 15) is 0 Å². The first kappa shape index (κ1) is 10.4. The van der Waals surface area contributed by atoms with E-state index in [0.717, 1.165) is 0 Å². The van der Waals surface area contributed by atoms with Crippen molar-refractivity contribution in [3.63, 3.8) is 0 Å². The predicted octanol–water partition coefficient (Wildman–Crippen LogP) is 2.12. The van der Waals surface area contributed by atoms with Crippen molar-refractivity contribution in [1.29, 1.82) is 0 Å². The van der Waals surface area contributed by atoms with Crippen LogP contribution in [0.3, 0.4) is 0 Å². The average molecular weight is 164 g/mol. The molecule has 0 heterocycles. The monoisotopic (exact) mass is 164 g/mol. The van der Waals surface area contributed by atoms with Gasteiger partial charge in [-0.3, -0.25) is 4.79 Å². The molecule has 64 valence electrons. The Bertz CT molecular complexity index is 217. The minimum Gasteiger partial charge on any atom is -0.471 e. The van der Waals surface area contributed by atoms with Crippen LogP contribution >= 0.6 is 0 Å². The Balaban J connectivity index is 0.000000261. The summed E-state index contributed by atoms with van der Waals surface area (Å²) in [6, 6.07) is 10.0. The minimum absolute atomic E-state index is 0.375. The van der Waals surface area contributed by atoms with Gasteiger partial charge in [-0.25, -0.2) is 0 Å². The molecule has 0 aromatic heterocycles. The van der Waals surface area contributed by atoms with Crippen LogP contribution in [0.25, 0.3) is 6.08 Å². The molecule has 0 N–H and O–H groups in total. The zero-order valence-corrected chi connectivity index (χ0v) is 7.07. The number of hydrogen-bond acceptors (Lipinski definition) is 2. The lowest BCUT2D eigenvalue weighted by Gasteiger charge is -1.85. The molecule has 1 aromatic carbocycles. The number of carbonyl (C=O) groups excluding carboxylic acids is 1. The van der Waals surface area contributed by atoms with Crippen molar-refractivity contribution in [2.24, 2.45) is 0 Å². The summed E-state index contributed by atoms with van der Waals surface area (Å²) < 4.78 is 3.86. The summed E-state index contributed by atoms with van der Waals surface area (Å²) in [7, 11) is 1.31. The summed E-state index contributed by atoms with van der Waals surface area (Å²) in [5.41, 5.74) is 1.17. The fourth-order valence-corrected chi connectivity index (χ4v) is 0.589. The molecular weight excluding hydrogens is 152 g/mol. The van der Waals surface area contributed by atoms with Gasteiger partial charge in [0.1, 0.15) is 0 Å². The van der Waals surface area contributed by atoms with Crippen LogP contribution in [0.4, 0.5) is 0 Å². The van der Waals surface area contributed by atoms with Gasteiger partial charge < -0.3 is 4.74 Å². The van der Waals surface area contributed by atoms with Crippen LogP contribution < -0.4 is 0 Å². The van der Waals surface area contributed by atoms with Crippen molar-refractivity contribution in [2.45, 2.75) is 0 Å². The summed E-state index contributed by atoms with van der Waals surface area (Å²) in [5.74, 6) is 0. The molecule has 0 amide bonds. The standard InChI is InChI=1S/C8H8.C2H4O2/c1-2-8-6-4-3-5-7-8;1-4-2-3/h2-7H,1H2;2H,1H3. The van der Waals surface area contributed by atoms with Crippen LogP contribution in [-0.2, 0) is 9.53 Å². The van der Waals surface area contributed by atoms with Crippen LogP contribution in [-0.4, -0.2) is 13.6 Å². The third-order valence-electron chi connectivity index (χ3n) is 1.13. The number of ether oxygens (including phenoxy) is 1. The first-order chi connectivity index (χ1) is 5.85. The fourth-order valence-electron chi connectivity index (χ4n) is 0.589. The largest absolute Gasteiger partial charge is 0.471 e. The predicted molar refractivity (Wildman–Crippen MR) is 49.6 cm³/mol. The fraction of sp³-hybridized carbons (Fsp3) is 0.100. The van der Waals surface area contributed by atoms with E-state index in [1.165, 1.54) is 12.7 Å². The Morgan fingerprint density at radius 1 is 1.33 bits per heavy atom. The molecule has 0 radical (unpaired) electrons. The summed E-state index contributed by atoms with van der Waals surface area (Å²) in [6.45, 7) is 4.01. The van der Waals surface area contributed by atoms with E-state index >= 15 is 0 Å². The van der Waals surface area contributed by atoms with Crippen molar-refractivity contribution < 1.29 is 9.53 Å². The van der Waals surface area contributed by atoms with Gasteiger partial charge in [0.05, 0.1) is 7.11 Å². The van der Waals surface area contributed by atoms with Gasteiger partial charge in [-0.1, -0.05) is 43.0 Å². The molecule has 0 bridgehead atoms. The highest BCUT2D eigenvalue weighted by Crippen LogP contribution is 1.97. The molecule has 0 aliphatic carbocycles. The number of hydrogen-bond donors (Lipinski definition) is 0. The molecule has 2 nitrogen and oxygen atoms in total. The van der Waals surface area contributed by atoms with Gasteiger partial charge in [0.2, 0.25) is 0 Å². The van der Waals surface area contributed by atoms with Gasteiger partial charge in [0.25, 0.3) is 6.47 Å². The second kappa shape index (κ2) is 7.54. The molecule has 12 heavy (non-hydrogen) atoms. The molecule has 0 unspecified atom stereocenters. The van der Waals surface area contributed by atoms with E-state index in [1.54, 1.807) is 0 Å². The summed E-state index contributed by atoms with van der Waals surface area (Å²) in [6.07, 6.45) is 1.83. The normalized spacial score (nSPS) is 7.42. The highest BCUT2D eigenvalue weighted by atomic mass is 16.5. The maximum Gasteiger partial charge on any atom is 0.292 e. The van der Waals surface area contributed by atoms with Crippen molar-refractivity contribution in [3.8, 4) is 0 Å². The molecule has 0 saturated heterocycles. The average Bonchev–Trinajstić information content (AvgIpc) is 2.19. The quantitative estimate of drug-likeness (QED) is 0.626. The zero-order valence-electron chi connectivity index (χ0n) is 7.07. The van der Waals surface area contributed by atoms with Crippen molar-refractivity contribution in [1.82, 2.24) is 0 Å². The minimum atomic E-state index is 0.375. The molecule has 1 rings (SSSR count). The molecular formula is C10H12O2. The third-order valence-corrected chi connectivity index (χ3v) is 1.13. The van der Waals surface area contributed by atoms with Crippen LogP contribution in [0, 0.1) is 0 Å². The SMILES string of the molecule is C=Cc1ccccc1.COC=O. The lowest BCUT2D eigenvalue weighted by atomic mass is 10.2. The molecule has 0 fully saturated rings. The summed E-state index contributed by atoms with van der Waals surface area (Å²) in [4.78, 5) is 8.95. The van der Waals surface area contributed by atoms with Gasteiger partial charge in [-0.2, -0.15) is 0 Å². The number of benzene rings is 1. The van der Waals surface area contributed by atoms with E-state index in [-0.39, 0.29) is 0 Å². The van der Waals surface area contributed by atoms with E-state index in [0.29, 0.717) is 6.47 Å². The second-order valence-electron chi connectivity index (χ2n) is 1.95. The van der Waals surface area contributed by atoms with Crippen molar-refractivity contribution in [2.75, 3.05) is 7.11 Å². The lowest BCUT2D eigenvalue weighted by Crippen LogP contribution is -1.68. The Hall–Kier alpha value is -1.57. The topological polar surface area (TPSA) is 26.3 Å². The van der Waals surface area contributed by atoms with E-state index in [1.807, 2.05) is 36.4 Å². The highest BCUT2D eigenvalue weighted by Gasteiger charge is 1.75. The molecule has 0 spiro atoms. The maximum atomic E-state index is 8.95. The first-order valence-electron chi connectivity index (χ1n) is 3.49. The summed E-state index contributed by atoms with van der Waals surface area (Å²) >= 11 is 0. The van der Waals surface area contributed by atoms with Gasteiger partial charge in [0.15, 0.2) is 0 Å². The molecule has 0 saturated carbocycles. The molecule has 0 aliphatic rings. The lowest BCUT2D eigenvalue weighted by molar-refractivity contribution is -0.126. The Morgan fingerprint density at radius 2 is 1.83 bits per heavy atom. The van der Waals surface area contributed by atoms with Crippen LogP contribution in [0.2, 0.25) is 0 Å². The summed E-state index contributed by atoms with van der Waals surface area (Å²) in [5, 5.41) is 0. The number of methoxy groups -OCH3 is 1. The smallest absolute Gasteiger partial charge is 0.292 e. The Kier molecular flexibility index (Phi) is 6.55. The number of rotatable bonds is 2. The zero-order chi connectivity index (χ0) is 9.23. The van der Waals surface area contributed by atoms with Crippen molar-refractivity contribution >= 4 is 12.5 Å². The maximum absolute atomic E-state index is 8.95. The molecule has 0 aliphatic heterocycles. The van der Waals surface area contributed by atoms with Gasteiger partial charge in [-0.15, -0.1) is 0 Å². The molecule has 1 aromatic rings.